The van der Waals surface area contributed by atoms with Crippen molar-refractivity contribution in [2.45, 2.75) is 70.6 Å². The second-order valence-electron chi connectivity index (χ2n) is 7.55. The number of hydrogen-bond donors (Lipinski definition) is 1. The first-order valence-corrected chi connectivity index (χ1v) is 8.96. The van der Waals surface area contributed by atoms with Gasteiger partial charge in [-0.15, -0.1) is 0 Å². The van der Waals surface area contributed by atoms with Crippen molar-refractivity contribution in [1.82, 2.24) is 0 Å². The Morgan fingerprint density at radius 1 is 1.50 bits per heavy atom. The van der Waals surface area contributed by atoms with E-state index in [0.717, 1.165) is 12.8 Å². The lowest BCUT2D eigenvalue weighted by Crippen LogP contribution is -2.45. The maximum absolute atomic E-state index is 12.4. The summed E-state index contributed by atoms with van der Waals surface area (Å²) in [5, 5.41) is 10.9. The van der Waals surface area contributed by atoms with E-state index in [0.29, 0.717) is 11.1 Å². The van der Waals surface area contributed by atoms with Gasteiger partial charge in [0.15, 0.2) is 0 Å². The molecular weight excluding hydrogens is 336 g/mol. The Bertz CT molecular complexity index is 705. The van der Waals surface area contributed by atoms with Crippen molar-refractivity contribution in [1.29, 1.82) is 0 Å². The van der Waals surface area contributed by atoms with Crippen LogP contribution in [-0.4, -0.2) is 47.1 Å². The van der Waals surface area contributed by atoms with Gasteiger partial charge in [-0.1, -0.05) is 18.7 Å². The maximum atomic E-state index is 12.4. The molecule has 2 heterocycles. The van der Waals surface area contributed by atoms with Crippen molar-refractivity contribution < 1.29 is 28.9 Å². The molecule has 0 spiro atoms. The molecule has 6 nitrogen and oxygen atoms in total. The molecular formula is C20H26O6. The Morgan fingerprint density at radius 2 is 2.19 bits per heavy atom. The third-order valence-corrected chi connectivity index (χ3v) is 5.74. The van der Waals surface area contributed by atoms with E-state index in [-0.39, 0.29) is 17.3 Å². The van der Waals surface area contributed by atoms with Gasteiger partial charge < -0.3 is 19.3 Å². The Hall–Kier alpha value is -1.92. The van der Waals surface area contributed by atoms with Crippen molar-refractivity contribution in [2.75, 3.05) is 0 Å². The number of carbonyl (C=O) groups excluding carboxylic acids is 2. The Kier molecular flexibility index (Phi) is 4.84. The summed E-state index contributed by atoms with van der Waals surface area (Å²) in [5.41, 5.74) is 0.933. The molecule has 3 rings (SSSR count). The molecule has 0 bridgehead atoms. The largest absolute Gasteiger partial charge is 0.455 e. The summed E-state index contributed by atoms with van der Waals surface area (Å²) in [6, 6.07) is 0. The van der Waals surface area contributed by atoms with E-state index in [9.17, 15) is 14.7 Å². The average Bonchev–Trinajstić information content (AvgIpc) is 3.19. The molecule has 0 saturated carbocycles. The highest BCUT2D eigenvalue weighted by Crippen LogP contribution is 2.50. The molecule has 0 aromatic carbocycles. The molecule has 2 fully saturated rings. The van der Waals surface area contributed by atoms with Gasteiger partial charge in [0.25, 0.3) is 0 Å². The summed E-state index contributed by atoms with van der Waals surface area (Å²) >= 11 is 0. The van der Waals surface area contributed by atoms with Crippen LogP contribution in [-0.2, 0) is 23.8 Å². The minimum atomic E-state index is -1.05. The number of allylic oxidation sites excluding steroid dienone is 2. The summed E-state index contributed by atoms with van der Waals surface area (Å²) in [5.74, 6) is -1.72. The highest BCUT2D eigenvalue weighted by molar-refractivity contribution is 5.92. The maximum Gasteiger partial charge on any atom is 0.334 e. The van der Waals surface area contributed by atoms with Crippen molar-refractivity contribution in [3.63, 3.8) is 0 Å². The lowest BCUT2D eigenvalue weighted by molar-refractivity contribution is -0.154. The lowest BCUT2D eigenvalue weighted by atomic mass is 9.81. The zero-order valence-electron chi connectivity index (χ0n) is 15.7. The number of ether oxygens (including phenoxy) is 3. The molecule has 0 unspecified atom stereocenters. The Balaban J connectivity index is 2.01. The van der Waals surface area contributed by atoms with Crippen LogP contribution in [0, 0.1) is 5.92 Å². The van der Waals surface area contributed by atoms with E-state index < -0.39 is 36.2 Å². The van der Waals surface area contributed by atoms with Crippen LogP contribution in [0.1, 0.15) is 40.5 Å². The zero-order chi connectivity index (χ0) is 19.2. The molecule has 1 aliphatic carbocycles. The van der Waals surface area contributed by atoms with Crippen LogP contribution >= 0.6 is 0 Å². The summed E-state index contributed by atoms with van der Waals surface area (Å²) < 4.78 is 17.0. The molecule has 6 heteroatoms. The molecule has 26 heavy (non-hydrogen) atoms. The second kappa shape index (κ2) is 6.67. The number of aliphatic hydroxyl groups excluding tert-OH is 1. The average molecular weight is 362 g/mol. The van der Waals surface area contributed by atoms with Crippen LogP contribution in [0.3, 0.4) is 0 Å². The summed E-state index contributed by atoms with van der Waals surface area (Å²) in [7, 11) is 0. The highest BCUT2D eigenvalue weighted by Gasteiger charge is 2.64. The van der Waals surface area contributed by atoms with E-state index in [4.69, 9.17) is 14.2 Å². The highest BCUT2D eigenvalue weighted by atomic mass is 16.6. The molecule has 2 saturated heterocycles. The summed E-state index contributed by atoms with van der Waals surface area (Å²) in [6.45, 7) is 11.0. The van der Waals surface area contributed by atoms with Gasteiger partial charge in [-0.25, -0.2) is 9.59 Å². The Morgan fingerprint density at radius 3 is 2.85 bits per heavy atom. The van der Waals surface area contributed by atoms with Crippen LogP contribution < -0.4 is 0 Å². The van der Waals surface area contributed by atoms with Gasteiger partial charge >= 0.3 is 11.9 Å². The number of rotatable bonds is 2. The number of fused-ring (bicyclic) bond motifs is 3. The third-order valence-electron chi connectivity index (χ3n) is 5.74. The van der Waals surface area contributed by atoms with Crippen molar-refractivity contribution in [3.8, 4) is 0 Å². The fourth-order valence-corrected chi connectivity index (χ4v) is 3.75. The molecule has 0 amide bonds. The first-order valence-electron chi connectivity index (χ1n) is 8.96. The molecule has 2 aliphatic heterocycles. The molecule has 0 aromatic rings. The van der Waals surface area contributed by atoms with Crippen LogP contribution in [0.15, 0.2) is 35.5 Å². The fraction of sp³-hybridized carbons (Fsp3) is 0.600. The number of aliphatic hydroxyl groups is 1. The van der Waals surface area contributed by atoms with Gasteiger partial charge in [0, 0.05) is 11.1 Å². The molecule has 0 aromatic heterocycles. The van der Waals surface area contributed by atoms with Gasteiger partial charge in [-0.3, -0.25) is 0 Å². The van der Waals surface area contributed by atoms with Gasteiger partial charge in [-0.05, 0) is 46.1 Å². The van der Waals surface area contributed by atoms with Crippen molar-refractivity contribution in [2.24, 2.45) is 5.92 Å². The van der Waals surface area contributed by atoms with Gasteiger partial charge in [0.1, 0.15) is 24.4 Å². The van der Waals surface area contributed by atoms with E-state index in [1.165, 1.54) is 0 Å². The quantitative estimate of drug-likeness (QED) is 0.351. The number of esters is 2. The fourth-order valence-electron chi connectivity index (χ4n) is 3.75. The molecule has 1 N–H and O–H groups in total. The minimum absolute atomic E-state index is 0.205. The number of epoxide rings is 1. The standard InChI is InChI=1S/C20H26O6/c1-6-10(2)18(22)24-15-13-12(4)19(23)25-16(13)17-20(5,26-17)9-7-8-11(3)14(15)21/h6,8,13-17,21H,4,7,9H2,1-3,5H3/b10-6-,11-8+/t13-,14-,15-,16-,17-,20+/m1/s1. The molecule has 3 aliphatic rings. The summed E-state index contributed by atoms with van der Waals surface area (Å²) in [4.78, 5) is 24.6. The van der Waals surface area contributed by atoms with E-state index >= 15 is 0 Å². The first-order chi connectivity index (χ1) is 12.2. The van der Waals surface area contributed by atoms with E-state index in [2.05, 4.69) is 6.58 Å². The predicted octanol–water partition coefficient (Wildman–Crippen LogP) is 2.22. The van der Waals surface area contributed by atoms with Crippen LogP contribution in [0.4, 0.5) is 0 Å². The smallest absolute Gasteiger partial charge is 0.334 e. The Labute approximate surface area is 153 Å². The molecule has 142 valence electrons. The van der Waals surface area contributed by atoms with Crippen LogP contribution in [0.25, 0.3) is 0 Å². The number of hydrogen-bond acceptors (Lipinski definition) is 6. The lowest BCUT2D eigenvalue weighted by Gasteiger charge is -2.31. The van der Waals surface area contributed by atoms with Gasteiger partial charge in [0.2, 0.25) is 0 Å². The summed E-state index contributed by atoms with van der Waals surface area (Å²) in [6.07, 6.45) is 2.12. The van der Waals surface area contributed by atoms with Gasteiger partial charge in [-0.2, -0.15) is 0 Å². The third kappa shape index (κ3) is 3.12. The normalized spacial score (nSPS) is 42.1. The molecule has 0 radical (unpaired) electrons. The second-order valence-corrected chi connectivity index (χ2v) is 7.55. The monoisotopic (exact) mass is 362 g/mol. The topological polar surface area (TPSA) is 85.4 Å². The van der Waals surface area contributed by atoms with Crippen LogP contribution in [0.2, 0.25) is 0 Å². The van der Waals surface area contributed by atoms with Crippen molar-refractivity contribution in [3.05, 3.63) is 35.5 Å². The number of carbonyl (C=O) groups is 2. The van der Waals surface area contributed by atoms with Gasteiger partial charge in [0.05, 0.1) is 11.5 Å². The predicted molar refractivity (Wildman–Crippen MR) is 94.1 cm³/mol. The van der Waals surface area contributed by atoms with E-state index in [1.54, 1.807) is 26.8 Å². The van der Waals surface area contributed by atoms with Crippen LogP contribution in [0.5, 0.6) is 0 Å². The molecule has 6 atom stereocenters. The van der Waals surface area contributed by atoms with E-state index in [1.807, 2.05) is 13.0 Å². The SMILES string of the molecule is C=C1C(=O)O[C@@H]2[C@H]1[C@@H](OC(=O)/C(C)=C\C)[C@H](O)/C(C)=C/CC[C@]1(C)O[C@H]21. The zero-order valence-corrected chi connectivity index (χ0v) is 15.7. The minimum Gasteiger partial charge on any atom is -0.455 e. The van der Waals surface area contributed by atoms with Crippen molar-refractivity contribution >= 4 is 11.9 Å². The first kappa shape index (κ1) is 18.9.